The van der Waals surface area contributed by atoms with Crippen molar-refractivity contribution in [3.63, 3.8) is 0 Å². The van der Waals surface area contributed by atoms with Crippen LogP contribution < -0.4 is 5.32 Å². The van der Waals surface area contributed by atoms with Crippen LogP contribution in [-0.2, 0) is 9.53 Å². The van der Waals surface area contributed by atoms with Gasteiger partial charge in [0, 0.05) is 6.92 Å². The number of hydrogen-bond donors (Lipinski definition) is 5. The van der Waals surface area contributed by atoms with Crippen LogP contribution in [0.2, 0.25) is 0 Å². The lowest BCUT2D eigenvalue weighted by atomic mass is 9.96. The van der Waals surface area contributed by atoms with E-state index in [1.54, 1.807) is 0 Å². The fourth-order valence-electron chi connectivity index (χ4n) is 1.49. The van der Waals surface area contributed by atoms with Gasteiger partial charge in [0.15, 0.2) is 6.29 Å². The van der Waals surface area contributed by atoms with Gasteiger partial charge in [-0.3, -0.25) is 4.79 Å². The monoisotopic (exact) mass is 220 g/mol. The van der Waals surface area contributed by atoms with Gasteiger partial charge < -0.3 is 30.5 Å². The van der Waals surface area contributed by atoms with Gasteiger partial charge in [-0.05, 0) is 0 Å². The molecule has 0 aromatic heterocycles. The van der Waals surface area contributed by atoms with Crippen LogP contribution in [0.5, 0.6) is 0 Å². The summed E-state index contributed by atoms with van der Waals surface area (Å²) in [4.78, 5) is 10.7. The summed E-state index contributed by atoms with van der Waals surface area (Å²) in [6, 6.07) is -1.10. The van der Waals surface area contributed by atoms with Gasteiger partial charge >= 0.3 is 0 Å². The van der Waals surface area contributed by atoms with Crippen molar-refractivity contribution in [2.45, 2.75) is 37.6 Å². The average molecular weight is 220 g/mol. The van der Waals surface area contributed by atoms with Crippen molar-refractivity contribution < 1.29 is 30.0 Å². The minimum absolute atomic E-state index is 0.462. The first-order valence-electron chi connectivity index (χ1n) is 4.55. The van der Waals surface area contributed by atoms with Gasteiger partial charge in [0.05, 0.1) is 6.61 Å². The molecule has 5 unspecified atom stereocenters. The Morgan fingerprint density at radius 1 is 1.33 bits per heavy atom. The number of hydrogen-bond acceptors (Lipinski definition) is 6. The number of nitrogens with one attached hydrogen (secondary N) is 1. The smallest absolute Gasteiger partial charge is 0.217 e. The highest BCUT2D eigenvalue weighted by Gasteiger charge is 2.43. The lowest BCUT2D eigenvalue weighted by Crippen LogP contribution is -2.63. The summed E-state index contributed by atoms with van der Waals surface area (Å²) >= 11 is 0. The quantitative estimate of drug-likeness (QED) is 0.337. The van der Waals surface area contributed by atoms with Crippen molar-refractivity contribution in [1.82, 2.24) is 5.32 Å². The van der Waals surface area contributed by atoms with Gasteiger partial charge in [0.25, 0.3) is 0 Å². The molecular formula is C8H15NO6. The molecule has 7 heteroatoms. The highest BCUT2D eigenvalue weighted by molar-refractivity contribution is 5.73. The van der Waals surface area contributed by atoms with Crippen molar-refractivity contribution in [2.24, 2.45) is 0 Å². The Morgan fingerprint density at radius 2 is 1.93 bits per heavy atom. The van der Waals surface area contributed by atoms with E-state index in [1.165, 1.54) is 6.92 Å². The highest BCUT2D eigenvalue weighted by Crippen LogP contribution is 2.19. The van der Waals surface area contributed by atoms with E-state index in [2.05, 4.69) is 5.32 Å². The maximum absolute atomic E-state index is 10.7. The van der Waals surface area contributed by atoms with Crippen LogP contribution in [0, 0.1) is 0 Å². The van der Waals surface area contributed by atoms with Crippen LogP contribution in [-0.4, -0.2) is 63.6 Å². The third-order valence-corrected chi connectivity index (χ3v) is 2.27. The summed E-state index contributed by atoms with van der Waals surface area (Å²) in [5.41, 5.74) is 0. The van der Waals surface area contributed by atoms with E-state index in [0.29, 0.717) is 0 Å². The standard InChI is InChI=1S/C8H15NO6/c1-3(11)9-5-7(13)6(12)4(2-10)15-8(5)14/h4-8,10,12-14H,2H2,1H3,(H,9,11)/i1-1. The van der Waals surface area contributed by atoms with E-state index in [-0.39, 0.29) is 0 Å². The minimum Gasteiger partial charge on any atom is -0.394 e. The van der Waals surface area contributed by atoms with Gasteiger partial charge in [0.2, 0.25) is 5.91 Å². The number of amides is 1. The number of rotatable bonds is 2. The molecule has 5 atom stereocenters. The fraction of sp³-hybridized carbons (Fsp3) is 0.875. The third-order valence-electron chi connectivity index (χ3n) is 2.27. The Labute approximate surface area is 86.3 Å². The fourth-order valence-corrected chi connectivity index (χ4v) is 1.49. The molecule has 0 radical (unpaired) electrons. The normalized spacial score (nSPS) is 41.3. The predicted octanol–water partition coefficient (Wildman–Crippen LogP) is -3.08. The molecule has 0 saturated carbocycles. The molecule has 0 aliphatic carbocycles. The summed E-state index contributed by atoms with van der Waals surface area (Å²) in [5, 5.41) is 39.4. The van der Waals surface area contributed by atoms with Crippen LogP contribution >= 0.6 is 0 Å². The van der Waals surface area contributed by atoms with Crippen LogP contribution in [0.15, 0.2) is 0 Å². The van der Waals surface area contributed by atoms with Gasteiger partial charge in [-0.2, -0.15) is 0 Å². The van der Waals surface area contributed by atoms with Crippen molar-refractivity contribution in [1.29, 1.82) is 0 Å². The molecule has 0 bridgehead atoms. The predicted molar refractivity (Wildman–Crippen MR) is 47.6 cm³/mol. The molecular weight excluding hydrogens is 205 g/mol. The van der Waals surface area contributed by atoms with Crippen molar-refractivity contribution in [3.8, 4) is 0 Å². The molecule has 1 amide bonds. The summed E-state index contributed by atoms with van der Waals surface area (Å²) in [6.45, 7) is 0.687. The summed E-state index contributed by atoms with van der Waals surface area (Å²) < 4.78 is 4.81. The molecule has 1 aliphatic heterocycles. The van der Waals surface area contributed by atoms with E-state index >= 15 is 0 Å². The number of aliphatic hydroxyl groups is 4. The third kappa shape index (κ3) is 2.64. The first kappa shape index (κ1) is 12.3. The largest absolute Gasteiger partial charge is 0.394 e. The molecule has 0 aromatic rings. The van der Waals surface area contributed by atoms with Crippen molar-refractivity contribution >= 4 is 5.91 Å². The lowest BCUT2D eigenvalue weighted by Gasteiger charge is -2.40. The minimum atomic E-state index is -1.45. The first-order valence-corrected chi connectivity index (χ1v) is 4.55. The summed E-state index contributed by atoms with van der Waals surface area (Å²) in [6.07, 6.45) is -5.24. The maximum Gasteiger partial charge on any atom is 0.217 e. The van der Waals surface area contributed by atoms with Crippen LogP contribution in [0.1, 0.15) is 6.92 Å². The highest BCUT2D eigenvalue weighted by atomic mass is 16.6. The second-order valence-electron chi connectivity index (χ2n) is 3.46. The molecule has 5 N–H and O–H groups in total. The van der Waals surface area contributed by atoms with Crippen LogP contribution in [0.25, 0.3) is 0 Å². The number of carbonyl (C=O) groups is 1. The van der Waals surface area contributed by atoms with Crippen LogP contribution in [0.3, 0.4) is 0 Å². The molecule has 1 rings (SSSR count). The Bertz CT molecular complexity index is 235. The Morgan fingerprint density at radius 3 is 2.40 bits per heavy atom. The van der Waals surface area contributed by atoms with Crippen molar-refractivity contribution in [2.75, 3.05) is 6.61 Å². The Balaban J connectivity index is 2.70. The molecule has 0 spiro atoms. The zero-order valence-corrected chi connectivity index (χ0v) is 8.20. The topological polar surface area (TPSA) is 119 Å². The second-order valence-corrected chi connectivity index (χ2v) is 3.46. The van der Waals surface area contributed by atoms with Crippen LogP contribution in [0.4, 0.5) is 0 Å². The molecule has 7 nitrogen and oxygen atoms in total. The molecule has 0 aromatic carbocycles. The summed E-state index contributed by atoms with van der Waals surface area (Å²) in [5.74, 6) is -0.462. The molecule has 88 valence electrons. The molecule has 15 heavy (non-hydrogen) atoms. The van der Waals surface area contributed by atoms with E-state index in [9.17, 15) is 20.1 Å². The zero-order chi connectivity index (χ0) is 11.6. The SMILES string of the molecule is [11CH3]C(=O)NC1C(O)OC(CO)C(O)C1O. The molecule has 1 heterocycles. The van der Waals surface area contributed by atoms with Gasteiger partial charge in [-0.1, -0.05) is 0 Å². The average Bonchev–Trinajstić information content (AvgIpc) is 2.18. The second kappa shape index (κ2) is 4.86. The first-order chi connectivity index (χ1) is 6.97. The molecule has 1 saturated heterocycles. The maximum atomic E-state index is 10.7. The van der Waals surface area contributed by atoms with Gasteiger partial charge in [-0.25, -0.2) is 0 Å². The number of carbonyl (C=O) groups excluding carboxylic acids is 1. The zero-order valence-electron chi connectivity index (χ0n) is 8.20. The number of ether oxygens (including phenoxy) is 1. The Hall–Kier alpha value is -0.730. The van der Waals surface area contributed by atoms with Gasteiger partial charge in [0.1, 0.15) is 24.4 Å². The van der Waals surface area contributed by atoms with Gasteiger partial charge in [-0.15, -0.1) is 0 Å². The summed E-state index contributed by atoms with van der Waals surface area (Å²) in [7, 11) is 0. The van der Waals surface area contributed by atoms with E-state index < -0.39 is 43.2 Å². The molecule has 1 fully saturated rings. The lowest BCUT2D eigenvalue weighted by molar-refractivity contribution is -0.253. The van der Waals surface area contributed by atoms with E-state index in [0.717, 1.165) is 0 Å². The number of aliphatic hydroxyl groups excluding tert-OH is 4. The van der Waals surface area contributed by atoms with E-state index in [1.807, 2.05) is 0 Å². The van der Waals surface area contributed by atoms with Crippen molar-refractivity contribution in [3.05, 3.63) is 0 Å². The van der Waals surface area contributed by atoms with E-state index in [4.69, 9.17) is 9.84 Å². The molecule has 1 aliphatic rings. The Kier molecular flexibility index (Phi) is 4.00.